The maximum atomic E-state index is 10.9. The number of hydrogen-bond acceptors (Lipinski definition) is 3. The van der Waals surface area contributed by atoms with Crippen LogP contribution >= 0.6 is 0 Å². The van der Waals surface area contributed by atoms with Crippen LogP contribution in [0.2, 0.25) is 0 Å². The monoisotopic (exact) mass is 187 g/mol. The first kappa shape index (κ1) is 11.6. The lowest BCUT2D eigenvalue weighted by Crippen LogP contribution is -2.34. The van der Waals surface area contributed by atoms with Crippen LogP contribution in [0.4, 0.5) is 0 Å². The van der Waals surface area contributed by atoms with Crippen molar-refractivity contribution < 1.29 is 19.4 Å². The molecule has 0 aromatic rings. The van der Waals surface area contributed by atoms with Gasteiger partial charge in [-0.05, 0) is 6.92 Å². The number of amides is 1. The summed E-state index contributed by atoms with van der Waals surface area (Å²) in [5.74, 6) is -1.58. The molecule has 13 heavy (non-hydrogen) atoms. The lowest BCUT2D eigenvalue weighted by molar-refractivity contribution is -0.131. The van der Waals surface area contributed by atoms with Gasteiger partial charge in [-0.25, -0.2) is 4.79 Å². The number of methoxy groups -OCH3 is 1. The molecule has 5 heteroatoms. The van der Waals surface area contributed by atoms with Crippen LogP contribution in [0.15, 0.2) is 12.2 Å². The molecular weight excluding hydrogens is 174 g/mol. The fourth-order valence-corrected chi connectivity index (χ4v) is 0.730. The van der Waals surface area contributed by atoms with E-state index in [2.05, 4.69) is 5.32 Å². The van der Waals surface area contributed by atoms with Gasteiger partial charge in [0.1, 0.15) is 0 Å². The van der Waals surface area contributed by atoms with E-state index in [4.69, 9.17) is 9.84 Å². The Morgan fingerprint density at radius 2 is 2.15 bits per heavy atom. The zero-order valence-electron chi connectivity index (χ0n) is 7.61. The number of aliphatic carboxylic acids is 1. The summed E-state index contributed by atoms with van der Waals surface area (Å²) in [4.78, 5) is 20.9. The lowest BCUT2D eigenvalue weighted by Gasteiger charge is -2.10. The smallest absolute Gasteiger partial charge is 0.328 e. The molecule has 0 heterocycles. The highest BCUT2D eigenvalue weighted by molar-refractivity contribution is 5.93. The Kier molecular flexibility index (Phi) is 5.54. The molecule has 1 atom stereocenters. The molecule has 74 valence electrons. The normalized spacial score (nSPS) is 12.8. The van der Waals surface area contributed by atoms with Gasteiger partial charge in [-0.3, -0.25) is 4.79 Å². The number of carbonyl (C=O) groups excluding carboxylic acids is 1. The van der Waals surface area contributed by atoms with Crippen molar-refractivity contribution >= 4 is 11.9 Å². The predicted octanol–water partition coefficient (Wildman–Crippen LogP) is -0.222. The van der Waals surface area contributed by atoms with Crippen LogP contribution in [0, 0.1) is 0 Å². The van der Waals surface area contributed by atoms with Crippen LogP contribution in [0.25, 0.3) is 0 Å². The van der Waals surface area contributed by atoms with Gasteiger partial charge in [0.05, 0.1) is 6.61 Å². The van der Waals surface area contributed by atoms with Gasteiger partial charge < -0.3 is 15.2 Å². The molecule has 0 fully saturated rings. The van der Waals surface area contributed by atoms with Crippen LogP contribution in [0.3, 0.4) is 0 Å². The molecule has 5 nitrogen and oxygen atoms in total. The van der Waals surface area contributed by atoms with Gasteiger partial charge in [0.15, 0.2) is 0 Å². The van der Waals surface area contributed by atoms with E-state index in [0.717, 1.165) is 12.2 Å². The minimum absolute atomic E-state index is 0.129. The Bertz CT molecular complexity index is 212. The highest BCUT2D eigenvalue weighted by Gasteiger charge is 2.03. The third-order valence-electron chi connectivity index (χ3n) is 1.18. The summed E-state index contributed by atoms with van der Waals surface area (Å²) in [6, 6.07) is -0.129. The molecule has 1 unspecified atom stereocenters. The number of ether oxygens (including phenoxy) is 1. The molecule has 0 aliphatic carbocycles. The van der Waals surface area contributed by atoms with Gasteiger partial charge in [-0.2, -0.15) is 0 Å². The summed E-state index contributed by atoms with van der Waals surface area (Å²) in [6.07, 6.45) is 1.75. The average Bonchev–Trinajstić information content (AvgIpc) is 2.01. The van der Waals surface area contributed by atoms with Gasteiger partial charge in [0.2, 0.25) is 5.91 Å². The van der Waals surface area contributed by atoms with Crippen molar-refractivity contribution in [2.24, 2.45) is 0 Å². The predicted molar refractivity (Wildman–Crippen MR) is 46.3 cm³/mol. The maximum absolute atomic E-state index is 10.9. The maximum Gasteiger partial charge on any atom is 0.328 e. The van der Waals surface area contributed by atoms with Crippen molar-refractivity contribution in [3.8, 4) is 0 Å². The summed E-state index contributed by atoms with van der Waals surface area (Å²) in [5, 5.41) is 10.7. The Balaban J connectivity index is 3.80. The number of hydrogen-bond donors (Lipinski definition) is 2. The van der Waals surface area contributed by atoms with Crippen LogP contribution < -0.4 is 5.32 Å². The zero-order valence-corrected chi connectivity index (χ0v) is 7.61. The second-order valence-electron chi connectivity index (χ2n) is 2.54. The first-order valence-electron chi connectivity index (χ1n) is 3.76. The molecule has 0 radical (unpaired) electrons. The summed E-state index contributed by atoms with van der Waals surface area (Å²) in [6.45, 7) is 2.16. The van der Waals surface area contributed by atoms with Crippen molar-refractivity contribution in [3.05, 3.63) is 12.2 Å². The van der Waals surface area contributed by atoms with E-state index in [-0.39, 0.29) is 6.04 Å². The van der Waals surface area contributed by atoms with E-state index >= 15 is 0 Å². The highest BCUT2D eigenvalue weighted by atomic mass is 16.5. The van der Waals surface area contributed by atoms with Crippen molar-refractivity contribution in [2.45, 2.75) is 13.0 Å². The van der Waals surface area contributed by atoms with Gasteiger partial charge in [0, 0.05) is 25.3 Å². The summed E-state index contributed by atoms with van der Waals surface area (Å²) in [7, 11) is 1.52. The summed E-state index contributed by atoms with van der Waals surface area (Å²) < 4.78 is 4.77. The SMILES string of the molecule is COCC(C)NC(=O)/C=C\C(=O)O. The van der Waals surface area contributed by atoms with Gasteiger partial charge in [0.25, 0.3) is 0 Å². The van der Waals surface area contributed by atoms with E-state index in [1.54, 1.807) is 6.92 Å². The van der Waals surface area contributed by atoms with E-state index in [0.29, 0.717) is 6.61 Å². The largest absolute Gasteiger partial charge is 0.478 e. The first-order valence-corrected chi connectivity index (χ1v) is 3.76. The number of rotatable bonds is 5. The van der Waals surface area contributed by atoms with Crippen molar-refractivity contribution in [2.75, 3.05) is 13.7 Å². The molecular formula is C8H13NO4. The molecule has 0 aliphatic rings. The van der Waals surface area contributed by atoms with Crippen LogP contribution in [0.1, 0.15) is 6.92 Å². The second-order valence-corrected chi connectivity index (χ2v) is 2.54. The van der Waals surface area contributed by atoms with E-state index in [1.807, 2.05) is 0 Å². The quantitative estimate of drug-likeness (QED) is 0.583. The van der Waals surface area contributed by atoms with Gasteiger partial charge >= 0.3 is 5.97 Å². The van der Waals surface area contributed by atoms with Gasteiger partial charge in [-0.1, -0.05) is 0 Å². The number of carboxylic acid groups (broad SMARTS) is 1. The molecule has 0 rings (SSSR count). The molecule has 0 aromatic carbocycles. The molecule has 0 aromatic heterocycles. The molecule has 0 bridgehead atoms. The summed E-state index contributed by atoms with van der Waals surface area (Å²) >= 11 is 0. The Morgan fingerprint density at radius 3 is 2.62 bits per heavy atom. The average molecular weight is 187 g/mol. The molecule has 0 aliphatic heterocycles. The molecule has 0 saturated carbocycles. The van der Waals surface area contributed by atoms with Crippen molar-refractivity contribution in [3.63, 3.8) is 0 Å². The van der Waals surface area contributed by atoms with Crippen LogP contribution in [0.5, 0.6) is 0 Å². The molecule has 2 N–H and O–H groups in total. The Hall–Kier alpha value is -1.36. The lowest BCUT2D eigenvalue weighted by atomic mass is 10.3. The summed E-state index contributed by atoms with van der Waals surface area (Å²) in [5.41, 5.74) is 0. The number of carboxylic acids is 1. The molecule has 1 amide bonds. The fourth-order valence-electron chi connectivity index (χ4n) is 0.730. The Labute approximate surface area is 76.4 Å². The number of nitrogens with one attached hydrogen (secondary N) is 1. The van der Waals surface area contributed by atoms with E-state index in [1.165, 1.54) is 7.11 Å². The number of carbonyl (C=O) groups is 2. The second kappa shape index (κ2) is 6.19. The molecule has 0 spiro atoms. The van der Waals surface area contributed by atoms with E-state index in [9.17, 15) is 9.59 Å². The van der Waals surface area contributed by atoms with Crippen LogP contribution in [-0.2, 0) is 14.3 Å². The zero-order chi connectivity index (χ0) is 10.3. The molecule has 0 saturated heterocycles. The van der Waals surface area contributed by atoms with Gasteiger partial charge in [-0.15, -0.1) is 0 Å². The first-order chi connectivity index (χ1) is 6.06. The van der Waals surface area contributed by atoms with Crippen molar-refractivity contribution in [1.82, 2.24) is 5.32 Å². The topological polar surface area (TPSA) is 75.6 Å². The van der Waals surface area contributed by atoms with Crippen LogP contribution in [-0.4, -0.2) is 36.7 Å². The fraction of sp³-hybridized carbons (Fsp3) is 0.500. The third kappa shape index (κ3) is 7.02. The minimum atomic E-state index is -1.14. The minimum Gasteiger partial charge on any atom is -0.478 e. The third-order valence-corrected chi connectivity index (χ3v) is 1.18. The van der Waals surface area contributed by atoms with E-state index < -0.39 is 11.9 Å². The Morgan fingerprint density at radius 1 is 1.54 bits per heavy atom. The van der Waals surface area contributed by atoms with Crippen molar-refractivity contribution in [1.29, 1.82) is 0 Å². The standard InChI is InChI=1S/C8H13NO4/c1-6(5-13-2)9-7(10)3-4-8(11)12/h3-4,6H,5H2,1-2H3,(H,9,10)(H,11,12)/b4-3-. The highest BCUT2D eigenvalue weighted by Crippen LogP contribution is 1.83.